The van der Waals surface area contributed by atoms with E-state index in [4.69, 9.17) is 10.5 Å². The molecular formula is C14H29N3O. The van der Waals surface area contributed by atoms with Gasteiger partial charge in [-0.25, -0.2) is 0 Å². The summed E-state index contributed by atoms with van der Waals surface area (Å²) in [5, 5.41) is 0. The minimum Gasteiger partial charge on any atom is -0.383 e. The van der Waals surface area contributed by atoms with Gasteiger partial charge in [0.25, 0.3) is 0 Å². The van der Waals surface area contributed by atoms with Crippen molar-refractivity contribution in [1.82, 2.24) is 9.80 Å². The van der Waals surface area contributed by atoms with E-state index in [2.05, 4.69) is 16.7 Å². The van der Waals surface area contributed by atoms with E-state index >= 15 is 0 Å². The monoisotopic (exact) mass is 255 g/mol. The minimum absolute atomic E-state index is 0.0588. The molecule has 4 nitrogen and oxygen atoms in total. The number of likely N-dealkylation sites (tertiary alicyclic amines) is 2. The molecule has 0 spiro atoms. The van der Waals surface area contributed by atoms with E-state index in [0.29, 0.717) is 6.54 Å². The molecule has 0 aromatic carbocycles. The highest BCUT2D eigenvalue weighted by Gasteiger charge is 2.40. The molecular weight excluding hydrogens is 226 g/mol. The van der Waals surface area contributed by atoms with Crippen LogP contribution in [0.4, 0.5) is 0 Å². The summed E-state index contributed by atoms with van der Waals surface area (Å²) in [6, 6.07) is 0.752. The van der Waals surface area contributed by atoms with Crippen LogP contribution in [0.1, 0.15) is 32.6 Å². The highest BCUT2D eigenvalue weighted by Crippen LogP contribution is 2.28. The zero-order chi connectivity index (χ0) is 13.0. The van der Waals surface area contributed by atoms with Crippen LogP contribution in [0.2, 0.25) is 0 Å². The topological polar surface area (TPSA) is 41.7 Å². The maximum absolute atomic E-state index is 6.05. The molecule has 2 heterocycles. The van der Waals surface area contributed by atoms with E-state index in [0.717, 1.165) is 19.1 Å². The molecule has 2 rings (SSSR count). The first kappa shape index (κ1) is 14.3. The highest BCUT2D eigenvalue weighted by atomic mass is 16.5. The lowest BCUT2D eigenvalue weighted by Gasteiger charge is -2.40. The molecule has 2 unspecified atom stereocenters. The summed E-state index contributed by atoms with van der Waals surface area (Å²) in [5.74, 6) is 0. The van der Waals surface area contributed by atoms with Crippen molar-refractivity contribution in [3.8, 4) is 0 Å². The molecule has 0 aliphatic carbocycles. The Kier molecular flexibility index (Phi) is 5.01. The second-order valence-corrected chi connectivity index (χ2v) is 5.85. The van der Waals surface area contributed by atoms with Crippen molar-refractivity contribution in [3.05, 3.63) is 0 Å². The third-order valence-corrected chi connectivity index (χ3v) is 4.94. The molecule has 0 radical (unpaired) electrons. The second-order valence-electron chi connectivity index (χ2n) is 5.85. The Morgan fingerprint density at radius 2 is 2.00 bits per heavy atom. The molecule has 2 aliphatic rings. The highest BCUT2D eigenvalue weighted by molar-refractivity contribution is 4.97. The third kappa shape index (κ3) is 2.72. The summed E-state index contributed by atoms with van der Waals surface area (Å²) in [5.41, 5.74) is 6.11. The van der Waals surface area contributed by atoms with Gasteiger partial charge in [0.1, 0.15) is 0 Å². The SMILES string of the molecule is CCC(CN)(COC)N1CCC(N2CCCC2)C1. The van der Waals surface area contributed by atoms with Crippen LogP contribution >= 0.6 is 0 Å². The van der Waals surface area contributed by atoms with Crippen LogP contribution in [0, 0.1) is 0 Å². The van der Waals surface area contributed by atoms with Crippen molar-refractivity contribution in [2.24, 2.45) is 5.73 Å². The summed E-state index contributed by atoms with van der Waals surface area (Å²) in [7, 11) is 1.79. The van der Waals surface area contributed by atoms with Gasteiger partial charge in [-0.05, 0) is 38.8 Å². The summed E-state index contributed by atoms with van der Waals surface area (Å²) in [6.45, 7) is 8.63. The number of rotatable bonds is 6. The Morgan fingerprint density at radius 3 is 2.56 bits per heavy atom. The average Bonchev–Trinajstić information content (AvgIpc) is 3.05. The van der Waals surface area contributed by atoms with E-state index in [1.54, 1.807) is 7.11 Å². The van der Waals surface area contributed by atoms with Crippen LogP contribution in [0.15, 0.2) is 0 Å². The zero-order valence-corrected chi connectivity index (χ0v) is 12.0. The van der Waals surface area contributed by atoms with Crippen molar-refractivity contribution in [2.45, 2.75) is 44.2 Å². The standard InChI is InChI=1S/C14H29N3O/c1-3-14(11-15,12-18-2)17-9-6-13(10-17)16-7-4-5-8-16/h13H,3-12,15H2,1-2H3. The van der Waals surface area contributed by atoms with Crippen molar-refractivity contribution in [1.29, 1.82) is 0 Å². The van der Waals surface area contributed by atoms with Gasteiger partial charge in [-0.3, -0.25) is 9.80 Å². The molecule has 18 heavy (non-hydrogen) atoms. The van der Waals surface area contributed by atoms with E-state index < -0.39 is 0 Å². The van der Waals surface area contributed by atoms with Crippen LogP contribution in [-0.4, -0.2) is 67.8 Å². The molecule has 2 saturated heterocycles. The fourth-order valence-electron chi connectivity index (χ4n) is 3.60. The van der Waals surface area contributed by atoms with Crippen molar-refractivity contribution in [2.75, 3.05) is 46.4 Å². The van der Waals surface area contributed by atoms with Crippen LogP contribution in [0.25, 0.3) is 0 Å². The average molecular weight is 255 g/mol. The van der Waals surface area contributed by atoms with Gasteiger partial charge in [-0.15, -0.1) is 0 Å². The van der Waals surface area contributed by atoms with Gasteiger partial charge in [0.05, 0.1) is 12.1 Å². The maximum Gasteiger partial charge on any atom is 0.0658 e. The number of nitrogens with two attached hydrogens (primary N) is 1. The zero-order valence-electron chi connectivity index (χ0n) is 12.0. The predicted octanol–water partition coefficient (Wildman–Crippen LogP) is 0.910. The Labute approximate surface area is 111 Å². The van der Waals surface area contributed by atoms with Gasteiger partial charge in [0.15, 0.2) is 0 Å². The van der Waals surface area contributed by atoms with Gasteiger partial charge in [-0.2, -0.15) is 0 Å². The normalized spacial score (nSPS) is 29.8. The smallest absolute Gasteiger partial charge is 0.0658 e. The summed E-state index contributed by atoms with van der Waals surface area (Å²) in [6.07, 6.45) is 5.13. The van der Waals surface area contributed by atoms with Crippen LogP contribution in [0.5, 0.6) is 0 Å². The summed E-state index contributed by atoms with van der Waals surface area (Å²) in [4.78, 5) is 5.25. The number of ether oxygens (including phenoxy) is 1. The summed E-state index contributed by atoms with van der Waals surface area (Å²) < 4.78 is 5.43. The lowest BCUT2D eigenvalue weighted by Crippen LogP contribution is -2.56. The Bertz CT molecular complexity index is 249. The lowest BCUT2D eigenvalue weighted by atomic mass is 9.95. The van der Waals surface area contributed by atoms with Crippen LogP contribution in [0.3, 0.4) is 0 Å². The minimum atomic E-state index is 0.0588. The third-order valence-electron chi connectivity index (χ3n) is 4.94. The van der Waals surface area contributed by atoms with Gasteiger partial charge in [-0.1, -0.05) is 6.92 Å². The number of nitrogens with zero attached hydrogens (tertiary/aromatic N) is 2. The van der Waals surface area contributed by atoms with E-state index in [9.17, 15) is 0 Å². The molecule has 0 aromatic rings. The fraction of sp³-hybridized carbons (Fsp3) is 1.00. The molecule has 2 N–H and O–H groups in total. The number of hydrogen-bond acceptors (Lipinski definition) is 4. The fourth-order valence-corrected chi connectivity index (χ4v) is 3.60. The molecule has 2 atom stereocenters. The van der Waals surface area contributed by atoms with Crippen molar-refractivity contribution in [3.63, 3.8) is 0 Å². The van der Waals surface area contributed by atoms with Crippen LogP contribution in [-0.2, 0) is 4.74 Å². The molecule has 0 amide bonds. The molecule has 0 bridgehead atoms. The first-order valence-corrected chi connectivity index (χ1v) is 7.44. The second kappa shape index (κ2) is 6.33. The van der Waals surface area contributed by atoms with Crippen molar-refractivity contribution >= 4 is 0 Å². The molecule has 2 aliphatic heterocycles. The van der Waals surface area contributed by atoms with Crippen molar-refractivity contribution < 1.29 is 4.74 Å². The van der Waals surface area contributed by atoms with Gasteiger partial charge in [0.2, 0.25) is 0 Å². The van der Waals surface area contributed by atoms with Crippen LogP contribution < -0.4 is 5.73 Å². The molecule has 0 aromatic heterocycles. The maximum atomic E-state index is 6.05. The number of hydrogen-bond donors (Lipinski definition) is 1. The summed E-state index contributed by atoms with van der Waals surface area (Å²) >= 11 is 0. The Morgan fingerprint density at radius 1 is 1.28 bits per heavy atom. The Balaban J connectivity index is 1.96. The van der Waals surface area contributed by atoms with Gasteiger partial charge in [0, 0.05) is 32.8 Å². The predicted molar refractivity (Wildman–Crippen MR) is 74.7 cm³/mol. The van der Waals surface area contributed by atoms with E-state index in [1.807, 2.05) is 0 Å². The molecule has 4 heteroatoms. The number of methoxy groups -OCH3 is 1. The quantitative estimate of drug-likeness (QED) is 0.766. The first-order chi connectivity index (χ1) is 8.75. The molecule has 106 valence electrons. The lowest BCUT2D eigenvalue weighted by molar-refractivity contribution is 0.0224. The molecule has 2 fully saturated rings. The Hall–Kier alpha value is -0.160. The van der Waals surface area contributed by atoms with E-state index in [1.165, 1.54) is 45.4 Å². The van der Waals surface area contributed by atoms with Gasteiger partial charge >= 0.3 is 0 Å². The van der Waals surface area contributed by atoms with Gasteiger partial charge < -0.3 is 10.5 Å². The largest absolute Gasteiger partial charge is 0.383 e. The molecule has 0 saturated carbocycles. The first-order valence-electron chi connectivity index (χ1n) is 7.44. The van der Waals surface area contributed by atoms with E-state index in [-0.39, 0.29) is 5.54 Å².